The zero-order chi connectivity index (χ0) is 19.6. The van der Waals surface area contributed by atoms with Crippen molar-refractivity contribution in [2.45, 2.75) is 13.3 Å². The minimum absolute atomic E-state index is 0.0697. The van der Waals surface area contributed by atoms with Gasteiger partial charge in [-0.15, -0.1) is 13.2 Å². The Bertz CT molecular complexity index is 1010. The third-order valence-electron chi connectivity index (χ3n) is 3.96. The minimum atomic E-state index is -4.77. The lowest BCUT2D eigenvalue weighted by atomic mass is 9.90. The molecule has 0 spiro atoms. The second-order valence-corrected chi connectivity index (χ2v) is 5.76. The molecule has 7 heteroatoms. The number of benzene rings is 2. The molecule has 27 heavy (non-hydrogen) atoms. The number of alkyl halides is 3. The van der Waals surface area contributed by atoms with Crippen LogP contribution in [0.1, 0.15) is 11.3 Å². The fraction of sp³-hybridized carbons (Fsp3) is 0.100. The second-order valence-electron chi connectivity index (χ2n) is 5.76. The molecule has 1 aromatic heterocycles. The topological polar surface area (TPSA) is 71.9 Å². The van der Waals surface area contributed by atoms with Crippen molar-refractivity contribution in [3.05, 3.63) is 65.9 Å². The largest absolute Gasteiger partial charge is 0.573 e. The molecule has 136 valence electrons. The molecule has 3 aromatic rings. The van der Waals surface area contributed by atoms with Gasteiger partial charge in [0.25, 0.3) is 0 Å². The Kier molecular flexibility index (Phi) is 4.74. The van der Waals surface area contributed by atoms with Crippen LogP contribution < -0.4 is 10.5 Å². The molecular formula is C20H14F3N3O. The van der Waals surface area contributed by atoms with Crippen molar-refractivity contribution in [3.8, 4) is 34.1 Å². The number of nitriles is 1. The van der Waals surface area contributed by atoms with Gasteiger partial charge in [-0.2, -0.15) is 5.26 Å². The van der Waals surface area contributed by atoms with E-state index in [0.29, 0.717) is 22.4 Å². The average Bonchev–Trinajstić information content (AvgIpc) is 2.61. The maximum Gasteiger partial charge on any atom is 0.573 e. The smallest absolute Gasteiger partial charge is 0.406 e. The fourth-order valence-corrected chi connectivity index (χ4v) is 2.91. The molecular weight excluding hydrogens is 355 g/mol. The third kappa shape index (κ3) is 3.85. The fourth-order valence-electron chi connectivity index (χ4n) is 2.91. The van der Waals surface area contributed by atoms with Crippen LogP contribution in [0.4, 0.5) is 19.0 Å². The number of aromatic nitrogens is 1. The normalized spacial score (nSPS) is 11.1. The number of ether oxygens (including phenoxy) is 1. The molecule has 2 aromatic carbocycles. The number of halogens is 3. The molecule has 0 atom stereocenters. The van der Waals surface area contributed by atoms with Crippen molar-refractivity contribution in [1.82, 2.24) is 4.98 Å². The van der Waals surface area contributed by atoms with Crippen LogP contribution in [0.2, 0.25) is 0 Å². The molecule has 0 fully saturated rings. The van der Waals surface area contributed by atoms with E-state index in [0.717, 1.165) is 5.56 Å². The highest BCUT2D eigenvalue weighted by Crippen LogP contribution is 2.39. The number of aryl methyl sites for hydroxylation is 1. The molecule has 0 unspecified atom stereocenters. The molecule has 4 nitrogen and oxygen atoms in total. The van der Waals surface area contributed by atoms with Gasteiger partial charge in [0.05, 0.1) is 0 Å². The summed E-state index contributed by atoms with van der Waals surface area (Å²) >= 11 is 0. The predicted molar refractivity (Wildman–Crippen MR) is 95.7 cm³/mol. The van der Waals surface area contributed by atoms with Crippen LogP contribution in [0.5, 0.6) is 5.75 Å². The SMILES string of the molecule is Cc1nc(N)c(C#N)c(-c2ccc(OC(F)(F)F)cc2)c1-c1ccccc1. The van der Waals surface area contributed by atoms with Crippen molar-refractivity contribution in [3.63, 3.8) is 0 Å². The monoisotopic (exact) mass is 369 g/mol. The molecule has 0 radical (unpaired) electrons. The van der Waals surface area contributed by atoms with E-state index in [1.165, 1.54) is 24.3 Å². The zero-order valence-electron chi connectivity index (χ0n) is 14.2. The molecule has 3 rings (SSSR count). The standard InChI is InChI=1S/C20H14F3N3O/c1-12-17(13-5-3-2-4-6-13)18(16(11-24)19(25)26-12)14-7-9-15(10-8-14)27-20(21,22)23/h2-10H,1H3,(H2,25,26). The first kappa shape index (κ1) is 18.3. The quantitative estimate of drug-likeness (QED) is 0.699. The van der Waals surface area contributed by atoms with Crippen LogP contribution in [0.15, 0.2) is 54.6 Å². The Morgan fingerprint density at radius 1 is 0.963 bits per heavy atom. The summed E-state index contributed by atoms with van der Waals surface area (Å²) in [6.45, 7) is 1.77. The molecule has 2 N–H and O–H groups in total. The Morgan fingerprint density at radius 3 is 2.11 bits per heavy atom. The lowest BCUT2D eigenvalue weighted by Crippen LogP contribution is -2.16. The summed E-state index contributed by atoms with van der Waals surface area (Å²) < 4.78 is 41.1. The van der Waals surface area contributed by atoms with Crippen LogP contribution in [-0.2, 0) is 0 Å². The van der Waals surface area contributed by atoms with Crippen molar-refractivity contribution in [2.24, 2.45) is 0 Å². The number of hydrogen-bond acceptors (Lipinski definition) is 4. The van der Waals surface area contributed by atoms with Gasteiger partial charge >= 0.3 is 6.36 Å². The van der Waals surface area contributed by atoms with E-state index in [2.05, 4.69) is 15.8 Å². The minimum Gasteiger partial charge on any atom is -0.406 e. The van der Waals surface area contributed by atoms with E-state index in [4.69, 9.17) is 5.73 Å². The number of hydrogen-bond donors (Lipinski definition) is 1. The number of nitrogen functional groups attached to an aromatic ring is 1. The van der Waals surface area contributed by atoms with Gasteiger partial charge < -0.3 is 10.5 Å². The van der Waals surface area contributed by atoms with E-state index in [1.54, 1.807) is 6.92 Å². The van der Waals surface area contributed by atoms with Gasteiger partial charge in [-0.25, -0.2) is 4.98 Å². The summed E-state index contributed by atoms with van der Waals surface area (Å²) in [5, 5.41) is 9.59. The molecule has 0 bridgehead atoms. The van der Waals surface area contributed by atoms with Crippen molar-refractivity contribution >= 4 is 5.82 Å². The predicted octanol–water partition coefficient (Wildman–Crippen LogP) is 5.08. The zero-order valence-corrected chi connectivity index (χ0v) is 14.2. The first-order valence-electron chi connectivity index (χ1n) is 7.92. The molecule has 0 saturated heterocycles. The summed E-state index contributed by atoms with van der Waals surface area (Å²) in [5.74, 6) is -0.273. The van der Waals surface area contributed by atoms with Gasteiger partial charge in [0.2, 0.25) is 0 Å². The van der Waals surface area contributed by atoms with Gasteiger partial charge in [0.1, 0.15) is 23.2 Å². The number of nitrogens with two attached hydrogens (primary N) is 1. The lowest BCUT2D eigenvalue weighted by molar-refractivity contribution is -0.274. The van der Waals surface area contributed by atoms with E-state index >= 15 is 0 Å². The van der Waals surface area contributed by atoms with Crippen molar-refractivity contribution in [1.29, 1.82) is 5.26 Å². The maximum atomic E-state index is 12.4. The summed E-state index contributed by atoms with van der Waals surface area (Å²) in [4.78, 5) is 4.25. The average molecular weight is 369 g/mol. The summed E-state index contributed by atoms with van der Waals surface area (Å²) in [5.41, 5.74) is 9.29. The van der Waals surface area contributed by atoms with Gasteiger partial charge in [-0.05, 0) is 30.2 Å². The first-order valence-corrected chi connectivity index (χ1v) is 7.92. The highest BCUT2D eigenvalue weighted by Gasteiger charge is 2.31. The Balaban J connectivity index is 2.21. The summed E-state index contributed by atoms with van der Waals surface area (Å²) in [7, 11) is 0. The molecule has 0 saturated carbocycles. The van der Waals surface area contributed by atoms with Crippen LogP contribution in [0, 0.1) is 18.3 Å². The highest BCUT2D eigenvalue weighted by atomic mass is 19.4. The van der Waals surface area contributed by atoms with E-state index in [9.17, 15) is 18.4 Å². The highest BCUT2D eigenvalue weighted by molar-refractivity contribution is 5.91. The molecule has 0 aliphatic carbocycles. The van der Waals surface area contributed by atoms with E-state index in [-0.39, 0.29) is 17.1 Å². The van der Waals surface area contributed by atoms with E-state index in [1.807, 2.05) is 30.3 Å². The van der Waals surface area contributed by atoms with E-state index < -0.39 is 6.36 Å². The van der Waals surface area contributed by atoms with Gasteiger partial charge in [-0.3, -0.25) is 0 Å². The Hall–Kier alpha value is -3.53. The van der Waals surface area contributed by atoms with Crippen LogP contribution in [-0.4, -0.2) is 11.3 Å². The second kappa shape index (κ2) is 7.00. The summed E-state index contributed by atoms with van der Waals surface area (Å²) in [6.07, 6.45) is -4.77. The molecule has 0 amide bonds. The van der Waals surface area contributed by atoms with Gasteiger partial charge in [0.15, 0.2) is 0 Å². The number of pyridine rings is 1. The van der Waals surface area contributed by atoms with Crippen LogP contribution in [0.3, 0.4) is 0 Å². The third-order valence-corrected chi connectivity index (χ3v) is 3.96. The number of rotatable bonds is 3. The lowest BCUT2D eigenvalue weighted by Gasteiger charge is -2.17. The molecule has 0 aliphatic rings. The van der Waals surface area contributed by atoms with Gasteiger partial charge in [-0.1, -0.05) is 42.5 Å². The van der Waals surface area contributed by atoms with Gasteiger partial charge in [0, 0.05) is 16.8 Å². The van der Waals surface area contributed by atoms with Crippen molar-refractivity contribution in [2.75, 3.05) is 5.73 Å². The van der Waals surface area contributed by atoms with Crippen molar-refractivity contribution < 1.29 is 17.9 Å². The Labute approximate surface area is 153 Å². The Morgan fingerprint density at radius 2 is 1.56 bits per heavy atom. The van der Waals surface area contributed by atoms with Crippen LogP contribution >= 0.6 is 0 Å². The molecule has 1 heterocycles. The molecule has 0 aliphatic heterocycles. The van der Waals surface area contributed by atoms with Crippen LogP contribution in [0.25, 0.3) is 22.3 Å². The summed E-state index contributed by atoms with van der Waals surface area (Å²) in [6, 6.07) is 16.7. The maximum absolute atomic E-state index is 12.4. The number of nitrogens with zero attached hydrogens (tertiary/aromatic N) is 2. The first-order chi connectivity index (χ1) is 12.8. The number of anilines is 1.